The van der Waals surface area contributed by atoms with Gasteiger partial charge in [0.15, 0.2) is 11.5 Å². The zero-order valence-corrected chi connectivity index (χ0v) is 19.8. The van der Waals surface area contributed by atoms with Gasteiger partial charge in [0.1, 0.15) is 12.4 Å². The van der Waals surface area contributed by atoms with Gasteiger partial charge >= 0.3 is 0 Å². The van der Waals surface area contributed by atoms with Gasteiger partial charge < -0.3 is 14.8 Å². The van der Waals surface area contributed by atoms with Crippen LogP contribution in [0.15, 0.2) is 41.3 Å². The smallest absolute Gasteiger partial charge is 0.294 e. The molecule has 3 rings (SSSR count). The average Bonchev–Trinajstić information content (AvgIpc) is 3.02. The lowest BCUT2D eigenvalue weighted by Crippen LogP contribution is -2.36. The number of imide groups is 1. The molecule has 0 radical (unpaired) electrons. The first kappa shape index (κ1) is 24.6. The molecule has 0 bridgehead atoms. The lowest BCUT2D eigenvalue weighted by molar-refractivity contribution is -0.127. The maximum atomic E-state index is 13.3. The highest BCUT2D eigenvalue weighted by atomic mass is 35.5. The van der Waals surface area contributed by atoms with Crippen LogP contribution in [0.2, 0.25) is 5.02 Å². The van der Waals surface area contributed by atoms with Crippen LogP contribution in [-0.2, 0) is 9.59 Å². The number of hydrogen-bond acceptors (Lipinski definition) is 6. The van der Waals surface area contributed by atoms with Crippen LogP contribution in [0.5, 0.6) is 11.5 Å². The third-order valence-electron chi connectivity index (χ3n) is 4.73. The first-order valence-electron chi connectivity index (χ1n) is 10.1. The van der Waals surface area contributed by atoms with Crippen LogP contribution < -0.4 is 14.8 Å². The van der Waals surface area contributed by atoms with Crippen molar-refractivity contribution in [3.63, 3.8) is 0 Å². The van der Waals surface area contributed by atoms with Gasteiger partial charge in [0, 0.05) is 5.69 Å². The van der Waals surface area contributed by atoms with E-state index in [2.05, 4.69) is 5.32 Å². The van der Waals surface area contributed by atoms with Crippen molar-refractivity contribution < 1.29 is 28.2 Å². The molecule has 2 aromatic rings. The van der Waals surface area contributed by atoms with Crippen molar-refractivity contribution in [2.75, 3.05) is 19.0 Å². The zero-order chi connectivity index (χ0) is 24.1. The molecule has 1 heterocycles. The standard InChI is InChI=1S/C23H22ClFN2O5S/c1-4-13(2)32-21-17(24)8-14(9-18(21)31-3)10-19-22(29)27(23(30)33-19)12-20(28)26-16-7-5-6-15(25)11-16/h5-11,13H,4,12H2,1-3H3,(H,26,28)/b19-10+/t13-/m1/s1. The number of nitrogens with one attached hydrogen (secondary N) is 1. The summed E-state index contributed by atoms with van der Waals surface area (Å²) in [6.45, 7) is 3.39. The number of methoxy groups -OCH3 is 1. The molecule has 1 N–H and O–H groups in total. The summed E-state index contributed by atoms with van der Waals surface area (Å²) in [6.07, 6.45) is 2.20. The summed E-state index contributed by atoms with van der Waals surface area (Å²) >= 11 is 7.08. The summed E-state index contributed by atoms with van der Waals surface area (Å²) in [7, 11) is 1.48. The first-order valence-corrected chi connectivity index (χ1v) is 11.3. The van der Waals surface area contributed by atoms with Gasteiger partial charge in [0.05, 0.1) is 23.1 Å². The highest BCUT2D eigenvalue weighted by molar-refractivity contribution is 8.18. The number of nitrogens with zero attached hydrogens (tertiary/aromatic N) is 1. The van der Waals surface area contributed by atoms with E-state index < -0.39 is 29.4 Å². The van der Waals surface area contributed by atoms with Crippen molar-refractivity contribution in [3.05, 3.63) is 57.7 Å². The zero-order valence-electron chi connectivity index (χ0n) is 18.2. The SMILES string of the molecule is CC[C@@H](C)Oc1c(Cl)cc(/C=C2/SC(=O)N(CC(=O)Nc3cccc(F)c3)C2=O)cc1OC. The largest absolute Gasteiger partial charge is 0.493 e. The molecular formula is C23H22ClFN2O5S. The van der Waals surface area contributed by atoms with Gasteiger partial charge in [-0.15, -0.1) is 0 Å². The fraction of sp³-hybridized carbons (Fsp3) is 0.261. The number of anilines is 1. The molecule has 1 fully saturated rings. The quantitative estimate of drug-likeness (QED) is 0.501. The average molecular weight is 493 g/mol. The van der Waals surface area contributed by atoms with Gasteiger partial charge in [-0.25, -0.2) is 4.39 Å². The Morgan fingerprint density at radius 2 is 2.06 bits per heavy atom. The molecule has 2 aromatic carbocycles. The number of hydrogen-bond donors (Lipinski definition) is 1. The molecule has 3 amide bonds. The molecular weight excluding hydrogens is 471 g/mol. The minimum atomic E-state index is -0.625. The van der Waals surface area contributed by atoms with Gasteiger partial charge in [0.2, 0.25) is 5.91 Å². The summed E-state index contributed by atoms with van der Waals surface area (Å²) < 4.78 is 24.5. The normalized spacial score (nSPS) is 15.7. The lowest BCUT2D eigenvalue weighted by atomic mass is 10.1. The lowest BCUT2D eigenvalue weighted by Gasteiger charge is -2.17. The molecule has 0 spiro atoms. The summed E-state index contributed by atoms with van der Waals surface area (Å²) in [6, 6.07) is 8.56. The fourth-order valence-electron chi connectivity index (χ4n) is 2.92. The fourth-order valence-corrected chi connectivity index (χ4v) is 4.02. The topological polar surface area (TPSA) is 84.9 Å². The van der Waals surface area contributed by atoms with Crippen molar-refractivity contribution in [3.8, 4) is 11.5 Å². The molecule has 174 valence electrons. The third kappa shape index (κ3) is 6.06. The van der Waals surface area contributed by atoms with E-state index in [4.69, 9.17) is 21.1 Å². The highest BCUT2D eigenvalue weighted by Gasteiger charge is 2.36. The summed E-state index contributed by atoms with van der Waals surface area (Å²) in [5, 5.41) is 2.18. The second kappa shape index (κ2) is 10.7. The van der Waals surface area contributed by atoms with Crippen LogP contribution in [0.25, 0.3) is 6.08 Å². The van der Waals surface area contributed by atoms with E-state index >= 15 is 0 Å². The van der Waals surface area contributed by atoms with Crippen LogP contribution in [0.3, 0.4) is 0 Å². The predicted molar refractivity (Wildman–Crippen MR) is 126 cm³/mol. The number of amides is 3. The second-order valence-corrected chi connectivity index (χ2v) is 8.60. The Bertz CT molecular complexity index is 1120. The first-order chi connectivity index (χ1) is 15.7. The molecule has 1 saturated heterocycles. The van der Waals surface area contributed by atoms with E-state index in [0.29, 0.717) is 33.8 Å². The Morgan fingerprint density at radius 3 is 2.73 bits per heavy atom. The second-order valence-electron chi connectivity index (χ2n) is 7.20. The van der Waals surface area contributed by atoms with Crippen molar-refractivity contribution in [1.29, 1.82) is 0 Å². The Hall–Kier alpha value is -3.04. The minimum absolute atomic E-state index is 0.0720. The number of halogens is 2. The summed E-state index contributed by atoms with van der Waals surface area (Å²) in [5.74, 6) is -0.970. The van der Waals surface area contributed by atoms with E-state index in [-0.39, 0.29) is 16.7 Å². The van der Waals surface area contributed by atoms with E-state index in [1.165, 1.54) is 31.4 Å². The minimum Gasteiger partial charge on any atom is -0.493 e. The van der Waals surface area contributed by atoms with E-state index in [1.807, 2.05) is 13.8 Å². The summed E-state index contributed by atoms with van der Waals surface area (Å²) in [5.41, 5.74) is 0.756. The molecule has 0 aromatic heterocycles. The van der Waals surface area contributed by atoms with Gasteiger partial charge in [-0.3, -0.25) is 19.3 Å². The number of carbonyl (C=O) groups excluding carboxylic acids is 3. The number of carbonyl (C=O) groups is 3. The maximum Gasteiger partial charge on any atom is 0.294 e. The molecule has 10 heteroatoms. The molecule has 0 saturated carbocycles. The van der Waals surface area contributed by atoms with Crippen LogP contribution >= 0.6 is 23.4 Å². The highest BCUT2D eigenvalue weighted by Crippen LogP contribution is 2.39. The van der Waals surface area contributed by atoms with Crippen molar-refractivity contribution in [1.82, 2.24) is 4.90 Å². The third-order valence-corrected chi connectivity index (χ3v) is 5.92. The van der Waals surface area contributed by atoms with Crippen LogP contribution in [0.4, 0.5) is 14.9 Å². The Kier molecular flexibility index (Phi) is 7.99. The molecule has 33 heavy (non-hydrogen) atoms. The van der Waals surface area contributed by atoms with Crippen LogP contribution in [-0.4, -0.2) is 41.7 Å². The molecule has 1 atom stereocenters. The van der Waals surface area contributed by atoms with Gasteiger partial charge in [-0.05, 0) is 67.1 Å². The number of benzene rings is 2. The maximum absolute atomic E-state index is 13.3. The molecule has 1 aliphatic rings. The van der Waals surface area contributed by atoms with Crippen LogP contribution in [0, 0.1) is 5.82 Å². The molecule has 0 aliphatic carbocycles. The number of thioether (sulfide) groups is 1. The Balaban J connectivity index is 1.76. The van der Waals surface area contributed by atoms with Crippen molar-refractivity contribution >= 4 is 52.2 Å². The molecule has 7 nitrogen and oxygen atoms in total. The number of rotatable bonds is 8. The van der Waals surface area contributed by atoms with E-state index in [1.54, 1.807) is 12.1 Å². The van der Waals surface area contributed by atoms with Gasteiger partial charge in [-0.1, -0.05) is 24.6 Å². The number of ether oxygens (including phenoxy) is 2. The Morgan fingerprint density at radius 1 is 1.30 bits per heavy atom. The molecule has 1 aliphatic heterocycles. The van der Waals surface area contributed by atoms with E-state index in [0.717, 1.165) is 17.4 Å². The van der Waals surface area contributed by atoms with Gasteiger partial charge in [-0.2, -0.15) is 0 Å². The monoisotopic (exact) mass is 492 g/mol. The van der Waals surface area contributed by atoms with Crippen LogP contribution in [0.1, 0.15) is 25.8 Å². The summed E-state index contributed by atoms with van der Waals surface area (Å²) in [4.78, 5) is 38.3. The van der Waals surface area contributed by atoms with Crippen molar-refractivity contribution in [2.45, 2.75) is 26.4 Å². The Labute approximate surface area is 199 Å². The van der Waals surface area contributed by atoms with Gasteiger partial charge in [0.25, 0.3) is 11.1 Å². The molecule has 0 unspecified atom stereocenters. The van der Waals surface area contributed by atoms with Crippen molar-refractivity contribution in [2.24, 2.45) is 0 Å². The van der Waals surface area contributed by atoms with E-state index in [9.17, 15) is 18.8 Å². The predicted octanol–water partition coefficient (Wildman–Crippen LogP) is 5.34.